The highest BCUT2D eigenvalue weighted by molar-refractivity contribution is 7.81. The van der Waals surface area contributed by atoms with Crippen LogP contribution in [0.5, 0.6) is 0 Å². The number of ketones is 1. The van der Waals surface area contributed by atoms with E-state index >= 15 is 0 Å². The molecule has 0 saturated heterocycles. The molecule has 0 amide bonds. The van der Waals surface area contributed by atoms with Crippen LogP contribution in [0.15, 0.2) is 18.2 Å². The highest BCUT2D eigenvalue weighted by Gasteiger charge is 2.10. The molecule has 0 saturated carbocycles. The average Bonchev–Trinajstić information content (AvgIpc) is 2.26. The fraction of sp³-hybridized carbons (Fsp3) is 0.417. The maximum atomic E-state index is 11.6. The van der Waals surface area contributed by atoms with Gasteiger partial charge in [0.1, 0.15) is 0 Å². The van der Waals surface area contributed by atoms with Gasteiger partial charge in [0.15, 0.2) is 5.78 Å². The predicted octanol–water partition coefficient (Wildman–Crippen LogP) is 2.92. The summed E-state index contributed by atoms with van der Waals surface area (Å²) >= 11 is 4.03. The highest BCUT2D eigenvalue weighted by atomic mass is 32.1. The van der Waals surface area contributed by atoms with Crippen molar-refractivity contribution < 1.29 is 4.79 Å². The molecule has 0 bridgehead atoms. The molecule has 0 N–H and O–H groups in total. The number of benzene rings is 1. The molecule has 0 aromatic heterocycles. The van der Waals surface area contributed by atoms with Crippen LogP contribution >= 0.6 is 12.6 Å². The van der Waals surface area contributed by atoms with Crippen molar-refractivity contribution in [2.24, 2.45) is 0 Å². The Morgan fingerprint density at radius 1 is 1.29 bits per heavy atom. The Hall–Kier alpha value is -0.760. The van der Waals surface area contributed by atoms with E-state index in [1.54, 1.807) is 0 Å². The zero-order valence-corrected chi connectivity index (χ0v) is 9.60. The Balaban J connectivity index is 3.21. The second-order valence-corrected chi connectivity index (χ2v) is 3.55. The molecule has 1 nitrogen and oxygen atoms in total. The molecular formula is C12H16OS. The normalized spacial score (nSPS) is 10.2. The first-order valence-electron chi connectivity index (χ1n) is 4.99. The molecule has 1 rings (SSSR count). The average molecular weight is 208 g/mol. The van der Waals surface area contributed by atoms with E-state index in [0.29, 0.717) is 5.75 Å². The number of hydrogen-bond donors (Lipinski definition) is 1. The molecule has 76 valence electrons. The molecule has 0 heterocycles. The van der Waals surface area contributed by atoms with Gasteiger partial charge in [0.25, 0.3) is 0 Å². The topological polar surface area (TPSA) is 17.1 Å². The van der Waals surface area contributed by atoms with Crippen molar-refractivity contribution >= 4 is 18.4 Å². The predicted molar refractivity (Wildman–Crippen MR) is 63.4 cm³/mol. The lowest BCUT2D eigenvalue weighted by molar-refractivity contribution is 0.102. The fourth-order valence-corrected chi connectivity index (χ4v) is 1.90. The standard InChI is InChI=1S/C12H16OS/c1-3-9-6-5-7-11(10(9)4-2)12(13)8-14/h5-7,14H,3-4,8H2,1-2H3. The minimum atomic E-state index is 0.125. The molecule has 0 radical (unpaired) electrons. The molecule has 14 heavy (non-hydrogen) atoms. The number of thiol groups is 1. The van der Waals surface area contributed by atoms with E-state index in [1.807, 2.05) is 12.1 Å². The van der Waals surface area contributed by atoms with Crippen LogP contribution in [0.1, 0.15) is 35.3 Å². The zero-order chi connectivity index (χ0) is 10.6. The summed E-state index contributed by atoms with van der Waals surface area (Å²) in [6.07, 6.45) is 1.90. The number of carbonyl (C=O) groups excluding carboxylic acids is 1. The Morgan fingerprint density at radius 2 is 2.00 bits per heavy atom. The first-order valence-corrected chi connectivity index (χ1v) is 5.62. The summed E-state index contributed by atoms with van der Waals surface area (Å²) in [5.74, 6) is 0.417. The molecular weight excluding hydrogens is 192 g/mol. The van der Waals surface area contributed by atoms with Crippen LogP contribution in [-0.2, 0) is 12.8 Å². The van der Waals surface area contributed by atoms with Crippen LogP contribution in [0, 0.1) is 0 Å². The van der Waals surface area contributed by atoms with Crippen molar-refractivity contribution in [2.75, 3.05) is 5.75 Å². The summed E-state index contributed by atoms with van der Waals surface area (Å²) in [5, 5.41) is 0. The molecule has 2 heteroatoms. The molecule has 1 aromatic carbocycles. The smallest absolute Gasteiger partial charge is 0.172 e. The van der Waals surface area contributed by atoms with Crippen molar-refractivity contribution in [3.05, 3.63) is 34.9 Å². The number of carbonyl (C=O) groups is 1. The monoisotopic (exact) mass is 208 g/mol. The molecule has 0 aliphatic rings. The van der Waals surface area contributed by atoms with E-state index < -0.39 is 0 Å². The molecule has 0 fully saturated rings. The second kappa shape index (κ2) is 5.20. The van der Waals surface area contributed by atoms with E-state index in [-0.39, 0.29) is 5.78 Å². The summed E-state index contributed by atoms with van der Waals surface area (Å²) in [4.78, 5) is 11.6. The summed E-state index contributed by atoms with van der Waals surface area (Å²) in [6.45, 7) is 4.20. The molecule has 0 atom stereocenters. The Morgan fingerprint density at radius 3 is 2.50 bits per heavy atom. The summed E-state index contributed by atoms with van der Waals surface area (Å²) in [7, 11) is 0. The third-order valence-electron chi connectivity index (χ3n) is 2.45. The van der Waals surface area contributed by atoms with Gasteiger partial charge < -0.3 is 0 Å². The van der Waals surface area contributed by atoms with Gasteiger partial charge in [-0.1, -0.05) is 32.0 Å². The van der Waals surface area contributed by atoms with E-state index in [4.69, 9.17) is 0 Å². The van der Waals surface area contributed by atoms with Crippen LogP contribution in [0.4, 0.5) is 0 Å². The molecule has 0 spiro atoms. The third-order valence-corrected chi connectivity index (χ3v) is 2.74. The van der Waals surface area contributed by atoms with Gasteiger partial charge in [0.05, 0.1) is 5.75 Å². The Bertz CT molecular complexity index is 331. The van der Waals surface area contributed by atoms with Crippen molar-refractivity contribution in [3.8, 4) is 0 Å². The maximum absolute atomic E-state index is 11.6. The number of Topliss-reactive ketones (excluding diaryl/α,β-unsaturated/α-hetero) is 1. The molecule has 0 aliphatic heterocycles. The van der Waals surface area contributed by atoms with Crippen LogP contribution in [0.2, 0.25) is 0 Å². The minimum absolute atomic E-state index is 0.125. The summed E-state index contributed by atoms with van der Waals surface area (Å²) < 4.78 is 0. The number of hydrogen-bond acceptors (Lipinski definition) is 2. The molecule has 1 aromatic rings. The molecule has 0 aliphatic carbocycles. The van der Waals surface area contributed by atoms with Crippen molar-refractivity contribution in [1.29, 1.82) is 0 Å². The van der Waals surface area contributed by atoms with Gasteiger partial charge >= 0.3 is 0 Å². The van der Waals surface area contributed by atoms with Gasteiger partial charge in [-0.25, -0.2) is 0 Å². The van der Waals surface area contributed by atoms with E-state index in [1.165, 1.54) is 11.1 Å². The van der Waals surface area contributed by atoms with E-state index in [0.717, 1.165) is 18.4 Å². The number of rotatable bonds is 4. The second-order valence-electron chi connectivity index (χ2n) is 3.23. The van der Waals surface area contributed by atoms with Crippen LogP contribution in [0.3, 0.4) is 0 Å². The maximum Gasteiger partial charge on any atom is 0.172 e. The van der Waals surface area contributed by atoms with Crippen LogP contribution in [0.25, 0.3) is 0 Å². The Kier molecular flexibility index (Phi) is 4.21. The number of aryl methyl sites for hydroxylation is 1. The third kappa shape index (κ3) is 2.18. The van der Waals surface area contributed by atoms with Gasteiger partial charge in [-0.05, 0) is 24.0 Å². The summed E-state index contributed by atoms with van der Waals surface area (Å²) in [6, 6.07) is 5.94. The lowest BCUT2D eigenvalue weighted by Gasteiger charge is -2.10. The first-order chi connectivity index (χ1) is 6.74. The van der Waals surface area contributed by atoms with Gasteiger partial charge in [-0.3, -0.25) is 4.79 Å². The van der Waals surface area contributed by atoms with Crippen molar-refractivity contribution in [3.63, 3.8) is 0 Å². The highest BCUT2D eigenvalue weighted by Crippen LogP contribution is 2.17. The van der Waals surface area contributed by atoms with E-state index in [9.17, 15) is 4.79 Å². The summed E-state index contributed by atoms with van der Waals surface area (Å²) in [5.41, 5.74) is 3.32. The fourth-order valence-electron chi connectivity index (χ4n) is 1.73. The van der Waals surface area contributed by atoms with E-state index in [2.05, 4.69) is 32.5 Å². The lowest BCUT2D eigenvalue weighted by atomic mass is 9.95. The zero-order valence-electron chi connectivity index (χ0n) is 8.71. The minimum Gasteiger partial charge on any atom is -0.293 e. The van der Waals surface area contributed by atoms with Gasteiger partial charge in [-0.15, -0.1) is 0 Å². The molecule has 0 unspecified atom stereocenters. The first kappa shape index (κ1) is 11.3. The van der Waals surface area contributed by atoms with Crippen LogP contribution in [-0.4, -0.2) is 11.5 Å². The van der Waals surface area contributed by atoms with Gasteiger partial charge in [-0.2, -0.15) is 12.6 Å². The van der Waals surface area contributed by atoms with Crippen LogP contribution < -0.4 is 0 Å². The van der Waals surface area contributed by atoms with Crippen molar-refractivity contribution in [1.82, 2.24) is 0 Å². The van der Waals surface area contributed by atoms with Gasteiger partial charge in [0.2, 0.25) is 0 Å². The quantitative estimate of drug-likeness (QED) is 0.594. The SMILES string of the molecule is CCc1cccc(C(=O)CS)c1CC. The largest absolute Gasteiger partial charge is 0.293 e. The lowest BCUT2D eigenvalue weighted by Crippen LogP contribution is -2.07. The Labute approximate surface area is 90.9 Å². The van der Waals surface area contributed by atoms with Gasteiger partial charge in [0, 0.05) is 5.56 Å². The van der Waals surface area contributed by atoms with Crippen molar-refractivity contribution in [2.45, 2.75) is 26.7 Å².